The highest BCUT2D eigenvalue weighted by molar-refractivity contribution is 14.1. The second kappa shape index (κ2) is 5.00. The zero-order chi connectivity index (χ0) is 8.10. The molecule has 1 heterocycles. The van der Waals surface area contributed by atoms with E-state index < -0.39 is 0 Å². The largest absolute Gasteiger partial charge is 0.385 e. The number of methoxy groups -OCH3 is 1. The van der Waals surface area contributed by atoms with Crippen molar-refractivity contribution in [1.82, 2.24) is 10.2 Å². The summed E-state index contributed by atoms with van der Waals surface area (Å²) in [7, 11) is 1.71. The fourth-order valence-corrected chi connectivity index (χ4v) is 2.18. The highest BCUT2D eigenvalue weighted by atomic mass is 127. The number of ether oxygens (including phenoxy) is 1. The lowest BCUT2D eigenvalue weighted by Gasteiger charge is -1.93. The van der Waals surface area contributed by atoms with Crippen LogP contribution in [0, 0.1) is 3.01 Å². The summed E-state index contributed by atoms with van der Waals surface area (Å²) >= 11 is 3.82. The molecule has 0 atom stereocenters. The molecule has 0 aliphatic rings. The standard InChI is InChI=1S/C6H9IN2OS/c1-10-4-2-3-5-8-9-6(7)11-5/h2-4H2,1H3. The highest BCUT2D eigenvalue weighted by Crippen LogP contribution is 2.12. The first-order chi connectivity index (χ1) is 5.33. The summed E-state index contributed by atoms with van der Waals surface area (Å²) in [4.78, 5) is 0. The molecular formula is C6H9IN2OS. The molecule has 0 spiro atoms. The average Bonchev–Trinajstić information content (AvgIpc) is 2.37. The second-order valence-electron chi connectivity index (χ2n) is 2.05. The Morgan fingerprint density at radius 2 is 2.36 bits per heavy atom. The molecule has 1 aromatic rings. The Morgan fingerprint density at radius 3 is 2.91 bits per heavy atom. The van der Waals surface area contributed by atoms with Crippen LogP contribution in [0.4, 0.5) is 0 Å². The number of hydrogen-bond acceptors (Lipinski definition) is 4. The van der Waals surface area contributed by atoms with E-state index in [-0.39, 0.29) is 0 Å². The molecule has 11 heavy (non-hydrogen) atoms. The Kier molecular flexibility index (Phi) is 4.24. The van der Waals surface area contributed by atoms with Crippen LogP contribution >= 0.6 is 33.9 Å². The Bertz CT molecular complexity index is 216. The van der Waals surface area contributed by atoms with E-state index in [1.807, 2.05) is 0 Å². The Balaban J connectivity index is 2.27. The number of halogens is 1. The van der Waals surface area contributed by atoms with E-state index in [0.29, 0.717) is 0 Å². The Hall–Kier alpha value is 0.250. The molecule has 0 bridgehead atoms. The second-order valence-corrected chi connectivity index (χ2v) is 4.86. The topological polar surface area (TPSA) is 35.0 Å². The summed E-state index contributed by atoms with van der Waals surface area (Å²) in [6, 6.07) is 0. The number of rotatable bonds is 4. The van der Waals surface area contributed by atoms with Crippen LogP contribution in [0.15, 0.2) is 0 Å². The molecule has 3 nitrogen and oxygen atoms in total. The summed E-state index contributed by atoms with van der Waals surface area (Å²) in [6.45, 7) is 0.802. The normalized spacial score (nSPS) is 10.4. The van der Waals surface area contributed by atoms with Crippen molar-refractivity contribution in [2.75, 3.05) is 13.7 Å². The van der Waals surface area contributed by atoms with E-state index in [9.17, 15) is 0 Å². The lowest BCUT2D eigenvalue weighted by molar-refractivity contribution is 0.195. The number of hydrogen-bond donors (Lipinski definition) is 0. The molecule has 0 aliphatic carbocycles. The van der Waals surface area contributed by atoms with Gasteiger partial charge in [0.05, 0.1) is 0 Å². The molecule has 0 fully saturated rings. The maximum absolute atomic E-state index is 4.92. The summed E-state index contributed by atoms with van der Waals surface area (Å²) in [5, 5.41) is 9.01. The molecule has 0 saturated heterocycles. The van der Waals surface area contributed by atoms with E-state index in [1.54, 1.807) is 18.4 Å². The lowest BCUT2D eigenvalue weighted by atomic mass is 10.3. The highest BCUT2D eigenvalue weighted by Gasteiger charge is 1.99. The van der Waals surface area contributed by atoms with Crippen molar-refractivity contribution in [2.24, 2.45) is 0 Å². The van der Waals surface area contributed by atoms with E-state index >= 15 is 0 Å². The third-order valence-corrected chi connectivity index (χ3v) is 2.83. The smallest absolute Gasteiger partial charge is 0.178 e. The maximum Gasteiger partial charge on any atom is 0.178 e. The Labute approximate surface area is 83.3 Å². The van der Waals surface area contributed by atoms with Crippen molar-refractivity contribution in [1.29, 1.82) is 0 Å². The van der Waals surface area contributed by atoms with Gasteiger partial charge < -0.3 is 4.74 Å². The van der Waals surface area contributed by atoms with Gasteiger partial charge in [-0.2, -0.15) is 0 Å². The van der Waals surface area contributed by atoms with Crippen LogP contribution in [0.3, 0.4) is 0 Å². The van der Waals surface area contributed by atoms with Gasteiger partial charge in [-0.15, -0.1) is 10.2 Å². The van der Waals surface area contributed by atoms with E-state index in [1.165, 1.54) is 0 Å². The Morgan fingerprint density at radius 1 is 1.55 bits per heavy atom. The van der Waals surface area contributed by atoms with Crippen molar-refractivity contribution < 1.29 is 4.74 Å². The molecule has 0 unspecified atom stereocenters. The molecule has 0 aromatic carbocycles. The molecule has 62 valence electrons. The van der Waals surface area contributed by atoms with Gasteiger partial charge in [-0.1, -0.05) is 11.3 Å². The number of nitrogens with zero attached hydrogens (tertiary/aromatic N) is 2. The third-order valence-electron chi connectivity index (χ3n) is 1.18. The minimum absolute atomic E-state index is 0.802. The molecule has 0 saturated carbocycles. The zero-order valence-electron chi connectivity index (χ0n) is 6.21. The summed E-state index contributed by atoms with van der Waals surface area (Å²) in [5.74, 6) is 0. The number of aromatic nitrogens is 2. The van der Waals surface area contributed by atoms with Gasteiger partial charge in [0.25, 0.3) is 0 Å². The minimum atomic E-state index is 0.802. The van der Waals surface area contributed by atoms with Crippen molar-refractivity contribution in [2.45, 2.75) is 12.8 Å². The first-order valence-corrected chi connectivity index (χ1v) is 5.19. The van der Waals surface area contributed by atoms with Gasteiger partial charge in [-0.05, 0) is 29.0 Å². The van der Waals surface area contributed by atoms with Crippen LogP contribution in [0.2, 0.25) is 0 Å². The molecule has 0 N–H and O–H groups in total. The third kappa shape index (κ3) is 3.44. The monoisotopic (exact) mass is 284 g/mol. The van der Waals surface area contributed by atoms with Crippen molar-refractivity contribution in [3.8, 4) is 0 Å². The van der Waals surface area contributed by atoms with Crippen LogP contribution in [0.25, 0.3) is 0 Å². The molecule has 1 rings (SSSR count). The van der Waals surface area contributed by atoms with Gasteiger partial charge in [0.1, 0.15) is 5.01 Å². The SMILES string of the molecule is COCCCc1nnc(I)s1. The van der Waals surface area contributed by atoms with Crippen molar-refractivity contribution in [3.05, 3.63) is 8.02 Å². The van der Waals surface area contributed by atoms with Crippen LogP contribution in [0.1, 0.15) is 11.4 Å². The summed E-state index contributed by atoms with van der Waals surface area (Å²) < 4.78 is 5.93. The lowest BCUT2D eigenvalue weighted by Crippen LogP contribution is -1.91. The predicted molar refractivity (Wildman–Crippen MR) is 52.8 cm³/mol. The first kappa shape index (κ1) is 9.34. The van der Waals surface area contributed by atoms with E-state index in [0.717, 1.165) is 27.5 Å². The van der Waals surface area contributed by atoms with Gasteiger partial charge in [0, 0.05) is 20.1 Å². The summed E-state index contributed by atoms with van der Waals surface area (Å²) in [6.07, 6.45) is 2.01. The van der Waals surface area contributed by atoms with E-state index in [4.69, 9.17) is 4.74 Å². The van der Waals surface area contributed by atoms with E-state index in [2.05, 4.69) is 32.8 Å². The number of aryl methyl sites for hydroxylation is 1. The molecule has 5 heteroatoms. The maximum atomic E-state index is 4.92. The van der Waals surface area contributed by atoms with Gasteiger partial charge in [-0.3, -0.25) is 0 Å². The fraction of sp³-hybridized carbons (Fsp3) is 0.667. The van der Waals surface area contributed by atoms with Crippen LogP contribution in [0.5, 0.6) is 0 Å². The van der Waals surface area contributed by atoms with Gasteiger partial charge in [-0.25, -0.2) is 0 Å². The van der Waals surface area contributed by atoms with Gasteiger partial charge in [0.15, 0.2) is 3.01 Å². The van der Waals surface area contributed by atoms with Crippen molar-refractivity contribution >= 4 is 33.9 Å². The first-order valence-electron chi connectivity index (χ1n) is 3.29. The molecule has 1 aromatic heterocycles. The van der Waals surface area contributed by atoms with Crippen molar-refractivity contribution in [3.63, 3.8) is 0 Å². The average molecular weight is 284 g/mol. The van der Waals surface area contributed by atoms with Crippen LogP contribution in [-0.4, -0.2) is 23.9 Å². The van der Waals surface area contributed by atoms with Gasteiger partial charge in [0.2, 0.25) is 0 Å². The molecule has 0 aliphatic heterocycles. The van der Waals surface area contributed by atoms with Crippen LogP contribution < -0.4 is 0 Å². The minimum Gasteiger partial charge on any atom is -0.385 e. The quantitative estimate of drug-likeness (QED) is 0.624. The summed E-state index contributed by atoms with van der Waals surface area (Å²) in [5.41, 5.74) is 0. The zero-order valence-corrected chi connectivity index (χ0v) is 9.18. The van der Waals surface area contributed by atoms with Crippen LogP contribution in [-0.2, 0) is 11.2 Å². The fourth-order valence-electron chi connectivity index (χ4n) is 0.702. The van der Waals surface area contributed by atoms with Gasteiger partial charge >= 0.3 is 0 Å². The molecular weight excluding hydrogens is 275 g/mol. The predicted octanol–water partition coefficient (Wildman–Crippen LogP) is 1.72. The molecule has 0 radical (unpaired) electrons. The molecule has 0 amide bonds.